The number of aliphatic hydroxyl groups excluding tert-OH is 1. The molecular formula is C28H24Cl2FN5O7. The van der Waals surface area contributed by atoms with Gasteiger partial charge in [-0.15, -0.1) is 5.10 Å². The summed E-state index contributed by atoms with van der Waals surface area (Å²) in [5, 5.41) is 25.3. The van der Waals surface area contributed by atoms with Crippen LogP contribution in [0.4, 0.5) is 4.39 Å². The van der Waals surface area contributed by atoms with Crippen LogP contribution in [0.1, 0.15) is 23.1 Å². The minimum atomic E-state index is -1.85. The van der Waals surface area contributed by atoms with Gasteiger partial charge in [0.05, 0.1) is 12.2 Å². The van der Waals surface area contributed by atoms with Gasteiger partial charge in [0.1, 0.15) is 5.82 Å². The van der Waals surface area contributed by atoms with Crippen LogP contribution in [0.2, 0.25) is 10.0 Å². The molecule has 224 valence electrons. The van der Waals surface area contributed by atoms with Gasteiger partial charge >= 0.3 is 23.9 Å². The number of hydrogen-bond acceptors (Lipinski definition) is 9. The molecule has 3 N–H and O–H groups in total. The number of esters is 1. The fourth-order valence-electron chi connectivity index (χ4n) is 3.79. The molecule has 1 amide bonds. The van der Waals surface area contributed by atoms with Crippen molar-refractivity contribution in [3.8, 4) is 22.8 Å². The monoisotopic (exact) mass is 631 g/mol. The summed E-state index contributed by atoms with van der Waals surface area (Å²) >= 11 is 12.1. The number of carboxylic acids is 1. The zero-order valence-corrected chi connectivity index (χ0v) is 23.9. The van der Waals surface area contributed by atoms with Crippen LogP contribution >= 0.6 is 23.2 Å². The summed E-state index contributed by atoms with van der Waals surface area (Å²) in [6, 6.07) is 17.0. The first-order chi connectivity index (χ1) is 20.5. The van der Waals surface area contributed by atoms with Gasteiger partial charge in [0.2, 0.25) is 12.6 Å². The van der Waals surface area contributed by atoms with Gasteiger partial charge in [-0.25, -0.2) is 14.2 Å². The number of aliphatic hydroxyl groups is 1. The summed E-state index contributed by atoms with van der Waals surface area (Å²) in [6.45, 7) is 0.116. The van der Waals surface area contributed by atoms with E-state index in [4.69, 9.17) is 32.7 Å². The lowest BCUT2D eigenvalue weighted by Gasteiger charge is -2.24. The number of ether oxygens (including phenoxy) is 2. The third kappa shape index (κ3) is 8.49. The molecule has 0 aliphatic carbocycles. The minimum absolute atomic E-state index is 0.0564. The van der Waals surface area contributed by atoms with Crippen LogP contribution in [0.3, 0.4) is 0 Å². The lowest BCUT2D eigenvalue weighted by Crippen LogP contribution is -2.47. The summed E-state index contributed by atoms with van der Waals surface area (Å²) < 4.78 is 25.6. The molecule has 12 nitrogen and oxygen atoms in total. The Morgan fingerprint density at radius 3 is 2.47 bits per heavy atom. The Labute approximate surface area is 254 Å². The molecule has 0 aliphatic rings. The molecule has 0 spiro atoms. The first-order valence-electron chi connectivity index (χ1n) is 12.5. The van der Waals surface area contributed by atoms with E-state index in [-0.39, 0.29) is 18.4 Å². The molecule has 1 atom stereocenters. The number of nitrogens with one attached hydrogen (secondary N) is 1. The van der Waals surface area contributed by atoms with Crippen molar-refractivity contribution in [2.45, 2.75) is 19.6 Å². The van der Waals surface area contributed by atoms with Gasteiger partial charge in [-0.2, -0.15) is 9.67 Å². The fourth-order valence-corrected chi connectivity index (χ4v) is 4.14. The van der Waals surface area contributed by atoms with Gasteiger partial charge in [-0.1, -0.05) is 53.5 Å². The lowest BCUT2D eigenvalue weighted by atomic mass is 10.0. The van der Waals surface area contributed by atoms with Gasteiger partial charge < -0.3 is 19.7 Å². The zero-order chi connectivity index (χ0) is 31.1. The summed E-state index contributed by atoms with van der Waals surface area (Å²) in [5.41, 5.74) is 4.30. The Kier molecular flexibility index (Phi) is 10.3. The number of rotatable bonds is 12. The SMILES string of the molecule is CC(=O)OCOc1nc(C(=O)NN(Cc2ccc(-c3cc(Cl)ccc3F)cc2)CC(O)C(=O)O)nn1-c1cccc(Cl)c1. The number of halogens is 3. The second-order valence-corrected chi connectivity index (χ2v) is 9.88. The number of hydrogen-bond donors (Lipinski definition) is 3. The van der Waals surface area contributed by atoms with E-state index in [9.17, 15) is 29.0 Å². The number of hydrazine groups is 1. The molecule has 1 unspecified atom stereocenters. The Morgan fingerprint density at radius 1 is 1.07 bits per heavy atom. The van der Waals surface area contributed by atoms with Gasteiger partial charge in [0, 0.05) is 29.1 Å². The molecule has 15 heteroatoms. The molecule has 3 aromatic carbocycles. The number of amides is 1. The molecule has 0 radical (unpaired) electrons. The molecule has 1 aromatic heterocycles. The molecule has 4 rings (SSSR count). The second kappa shape index (κ2) is 14.1. The molecule has 0 bridgehead atoms. The predicted octanol–water partition coefficient (Wildman–Crippen LogP) is 3.87. The zero-order valence-electron chi connectivity index (χ0n) is 22.4. The maximum Gasteiger partial charge on any atom is 0.333 e. The predicted molar refractivity (Wildman–Crippen MR) is 152 cm³/mol. The highest BCUT2D eigenvalue weighted by Gasteiger charge is 2.24. The smallest absolute Gasteiger partial charge is 0.333 e. The van der Waals surface area contributed by atoms with Gasteiger partial charge in [0.25, 0.3) is 0 Å². The first kappa shape index (κ1) is 31.4. The molecule has 0 saturated heterocycles. The Morgan fingerprint density at radius 2 is 1.79 bits per heavy atom. The van der Waals surface area contributed by atoms with Gasteiger partial charge in [-0.3, -0.25) is 15.0 Å². The number of aromatic nitrogens is 3. The van der Waals surface area contributed by atoms with E-state index < -0.39 is 43.1 Å². The number of carbonyl (C=O) groups is 3. The van der Waals surface area contributed by atoms with Crippen molar-refractivity contribution < 1.29 is 38.5 Å². The number of nitrogens with zero attached hydrogens (tertiary/aromatic N) is 4. The van der Waals surface area contributed by atoms with Gasteiger partial charge in [0.15, 0.2) is 6.10 Å². The Balaban J connectivity index is 1.57. The molecule has 0 fully saturated rings. The standard InChI is InChI=1S/C28H24Cl2FN5O7/c1-16(37)42-15-43-28-32-25(33-36(28)21-4-2-3-19(29)11-21)26(39)34-35(14-24(38)27(40)41)13-17-5-7-18(8-6-17)22-12-20(30)9-10-23(22)31/h2-12,24,38H,13-15H2,1H3,(H,34,39)(H,40,41). The molecule has 4 aromatic rings. The molecule has 0 saturated carbocycles. The highest BCUT2D eigenvalue weighted by atomic mass is 35.5. The summed E-state index contributed by atoms with van der Waals surface area (Å²) in [6.07, 6.45) is -1.85. The van der Waals surface area contributed by atoms with E-state index in [1.807, 2.05) is 0 Å². The third-order valence-corrected chi connectivity index (χ3v) is 6.26. The molecular weight excluding hydrogens is 608 g/mol. The van der Waals surface area contributed by atoms with Crippen molar-refractivity contribution in [3.63, 3.8) is 0 Å². The van der Waals surface area contributed by atoms with Crippen molar-refractivity contribution in [1.82, 2.24) is 25.2 Å². The Hall–Kier alpha value is -4.56. The highest BCUT2D eigenvalue weighted by molar-refractivity contribution is 6.31. The number of carboxylic acid groups (broad SMARTS) is 1. The number of aliphatic carboxylic acids is 1. The van der Waals surface area contributed by atoms with Crippen molar-refractivity contribution in [1.29, 1.82) is 0 Å². The minimum Gasteiger partial charge on any atom is -0.479 e. The van der Waals surface area contributed by atoms with Crippen LogP contribution < -0.4 is 10.2 Å². The van der Waals surface area contributed by atoms with Crippen LogP contribution in [0, 0.1) is 5.82 Å². The summed E-state index contributed by atoms with van der Waals surface area (Å²) in [7, 11) is 0. The quantitative estimate of drug-likeness (QED) is 0.119. The largest absolute Gasteiger partial charge is 0.479 e. The maximum absolute atomic E-state index is 14.3. The topological polar surface area (TPSA) is 156 Å². The van der Waals surface area contributed by atoms with Crippen molar-refractivity contribution in [2.75, 3.05) is 13.3 Å². The van der Waals surface area contributed by atoms with E-state index >= 15 is 0 Å². The molecule has 0 aliphatic heterocycles. The maximum atomic E-state index is 14.3. The second-order valence-electron chi connectivity index (χ2n) is 9.00. The van der Waals surface area contributed by atoms with E-state index in [1.54, 1.807) is 42.5 Å². The first-order valence-corrected chi connectivity index (χ1v) is 13.3. The number of carbonyl (C=O) groups excluding carboxylic acids is 2. The van der Waals surface area contributed by atoms with E-state index in [2.05, 4.69) is 15.5 Å². The van der Waals surface area contributed by atoms with Gasteiger partial charge in [-0.05, 0) is 47.5 Å². The average Bonchev–Trinajstić information content (AvgIpc) is 3.39. The lowest BCUT2D eigenvalue weighted by molar-refractivity contribution is -0.148. The van der Waals surface area contributed by atoms with Crippen LogP contribution in [0.25, 0.3) is 16.8 Å². The van der Waals surface area contributed by atoms with E-state index in [1.165, 1.54) is 31.2 Å². The summed E-state index contributed by atoms with van der Waals surface area (Å²) in [5.74, 6) is -3.83. The van der Waals surface area contributed by atoms with Crippen LogP contribution in [0.5, 0.6) is 6.01 Å². The van der Waals surface area contributed by atoms with Crippen molar-refractivity contribution in [2.24, 2.45) is 0 Å². The van der Waals surface area contributed by atoms with E-state index in [0.29, 0.717) is 32.4 Å². The normalized spacial score (nSPS) is 11.7. The fraction of sp³-hybridized carbons (Fsp3) is 0.179. The average molecular weight is 632 g/mol. The third-order valence-electron chi connectivity index (χ3n) is 5.79. The van der Waals surface area contributed by atoms with E-state index in [0.717, 1.165) is 9.69 Å². The number of benzene rings is 3. The molecule has 43 heavy (non-hydrogen) atoms. The Bertz CT molecular complexity index is 1630. The molecule has 1 heterocycles. The van der Waals surface area contributed by atoms with Crippen LogP contribution in [0.15, 0.2) is 66.7 Å². The van der Waals surface area contributed by atoms with Crippen molar-refractivity contribution >= 4 is 41.0 Å². The van der Waals surface area contributed by atoms with Crippen molar-refractivity contribution in [3.05, 3.63) is 94.0 Å². The highest BCUT2D eigenvalue weighted by Crippen LogP contribution is 2.26. The van der Waals surface area contributed by atoms with Crippen LogP contribution in [-0.2, 0) is 20.9 Å². The summed E-state index contributed by atoms with van der Waals surface area (Å²) in [4.78, 5) is 39.8. The van der Waals surface area contributed by atoms with Crippen LogP contribution in [-0.4, -0.2) is 67.3 Å².